The summed E-state index contributed by atoms with van der Waals surface area (Å²) in [6.07, 6.45) is 0. The molecule has 0 aromatic carbocycles. The van der Waals surface area contributed by atoms with Gasteiger partial charge in [0, 0.05) is 17.3 Å². The summed E-state index contributed by atoms with van der Waals surface area (Å²) in [7, 11) is 0. The van der Waals surface area contributed by atoms with E-state index in [4.69, 9.17) is 0 Å². The Morgan fingerprint density at radius 3 is 3.11 bits per heavy atom. The lowest BCUT2D eigenvalue weighted by Crippen LogP contribution is -2.08. The van der Waals surface area contributed by atoms with E-state index >= 15 is 0 Å². The van der Waals surface area contributed by atoms with Crippen molar-refractivity contribution in [2.24, 2.45) is 0 Å². The number of nitrogens with one attached hydrogen (secondary N) is 1. The topological polar surface area (TPSA) is 12.0 Å². The maximum absolute atomic E-state index is 4.03. The standard InChI is InChI=1S/C6H9NS2/c8-5-7-4-6-2-1-3-9-6/h1-3,7-8H,4-5H2. The fourth-order valence-corrected chi connectivity index (χ4v) is 1.38. The third-order valence-corrected chi connectivity index (χ3v) is 2.09. The van der Waals surface area contributed by atoms with Gasteiger partial charge >= 0.3 is 0 Å². The van der Waals surface area contributed by atoms with Crippen molar-refractivity contribution in [2.45, 2.75) is 6.54 Å². The summed E-state index contributed by atoms with van der Waals surface area (Å²) in [6, 6.07) is 4.17. The predicted molar refractivity (Wildman–Crippen MR) is 45.0 cm³/mol. The van der Waals surface area contributed by atoms with E-state index in [2.05, 4.69) is 35.5 Å². The summed E-state index contributed by atoms with van der Waals surface area (Å²) in [4.78, 5) is 1.36. The molecule has 1 heterocycles. The van der Waals surface area contributed by atoms with Gasteiger partial charge < -0.3 is 5.32 Å². The number of rotatable bonds is 3. The fraction of sp³-hybridized carbons (Fsp3) is 0.333. The van der Waals surface area contributed by atoms with Crippen molar-refractivity contribution in [2.75, 3.05) is 5.88 Å². The van der Waals surface area contributed by atoms with Gasteiger partial charge in [-0.15, -0.1) is 11.3 Å². The van der Waals surface area contributed by atoms with Crippen molar-refractivity contribution in [3.8, 4) is 0 Å². The zero-order valence-electron chi connectivity index (χ0n) is 5.00. The van der Waals surface area contributed by atoms with Crippen molar-refractivity contribution in [3.63, 3.8) is 0 Å². The molecule has 3 heteroatoms. The number of thiophene rings is 1. The molecular weight excluding hydrogens is 150 g/mol. The highest BCUT2D eigenvalue weighted by molar-refractivity contribution is 7.80. The fourth-order valence-electron chi connectivity index (χ4n) is 0.592. The normalized spacial score (nSPS) is 9.89. The molecule has 1 nitrogen and oxygen atoms in total. The van der Waals surface area contributed by atoms with Gasteiger partial charge in [0.05, 0.1) is 0 Å². The van der Waals surface area contributed by atoms with E-state index < -0.39 is 0 Å². The second kappa shape index (κ2) is 3.93. The molecule has 0 amide bonds. The molecule has 0 bridgehead atoms. The van der Waals surface area contributed by atoms with Crippen LogP contribution in [-0.2, 0) is 6.54 Å². The third-order valence-electron chi connectivity index (χ3n) is 0.991. The van der Waals surface area contributed by atoms with Gasteiger partial charge in [0.2, 0.25) is 0 Å². The second-order valence-corrected chi connectivity index (χ2v) is 3.01. The summed E-state index contributed by atoms with van der Waals surface area (Å²) in [5, 5.41) is 5.20. The minimum absolute atomic E-state index is 0.748. The average molecular weight is 159 g/mol. The summed E-state index contributed by atoms with van der Waals surface area (Å²) in [5.74, 6) is 0.748. The predicted octanol–water partition coefficient (Wildman–Crippen LogP) is 1.72. The summed E-state index contributed by atoms with van der Waals surface area (Å²) in [5.41, 5.74) is 0. The van der Waals surface area contributed by atoms with E-state index in [-0.39, 0.29) is 0 Å². The monoisotopic (exact) mass is 159 g/mol. The highest BCUT2D eigenvalue weighted by Crippen LogP contribution is 2.06. The van der Waals surface area contributed by atoms with E-state index in [1.54, 1.807) is 11.3 Å². The van der Waals surface area contributed by atoms with Crippen molar-refractivity contribution < 1.29 is 0 Å². The van der Waals surface area contributed by atoms with Crippen LogP contribution in [0.3, 0.4) is 0 Å². The molecule has 0 spiro atoms. The van der Waals surface area contributed by atoms with E-state index in [1.165, 1.54) is 4.88 Å². The molecule has 0 unspecified atom stereocenters. The van der Waals surface area contributed by atoms with Crippen LogP contribution in [0, 0.1) is 0 Å². The van der Waals surface area contributed by atoms with Crippen LogP contribution in [0.2, 0.25) is 0 Å². The molecule has 0 aliphatic carbocycles. The maximum atomic E-state index is 4.03. The molecule has 0 fully saturated rings. The Morgan fingerprint density at radius 1 is 1.67 bits per heavy atom. The lowest BCUT2D eigenvalue weighted by Gasteiger charge is -1.94. The van der Waals surface area contributed by atoms with Crippen molar-refractivity contribution in [3.05, 3.63) is 22.4 Å². The number of hydrogen-bond donors (Lipinski definition) is 2. The van der Waals surface area contributed by atoms with Crippen LogP contribution in [0.5, 0.6) is 0 Å². The van der Waals surface area contributed by atoms with E-state index in [0.717, 1.165) is 12.4 Å². The molecule has 1 rings (SSSR count). The van der Waals surface area contributed by atoms with Crippen molar-refractivity contribution in [1.82, 2.24) is 5.32 Å². The Hall–Kier alpha value is 0.01000. The molecule has 0 saturated carbocycles. The van der Waals surface area contributed by atoms with Crippen LogP contribution in [-0.4, -0.2) is 5.88 Å². The molecule has 9 heavy (non-hydrogen) atoms. The molecule has 1 aromatic heterocycles. The van der Waals surface area contributed by atoms with Gasteiger partial charge in [-0.2, -0.15) is 12.6 Å². The van der Waals surface area contributed by atoms with Crippen LogP contribution in [0.15, 0.2) is 17.5 Å². The Morgan fingerprint density at radius 2 is 2.56 bits per heavy atom. The summed E-state index contributed by atoms with van der Waals surface area (Å²) < 4.78 is 0. The molecular formula is C6H9NS2. The molecule has 1 aromatic rings. The van der Waals surface area contributed by atoms with Gasteiger partial charge in [-0.25, -0.2) is 0 Å². The zero-order valence-corrected chi connectivity index (χ0v) is 6.71. The SMILES string of the molecule is SCNCc1cccs1. The first-order valence-corrected chi connectivity index (χ1v) is 4.28. The quantitative estimate of drug-likeness (QED) is 0.505. The minimum atomic E-state index is 0.748. The van der Waals surface area contributed by atoms with Crippen LogP contribution >= 0.6 is 24.0 Å². The van der Waals surface area contributed by atoms with Crippen molar-refractivity contribution in [1.29, 1.82) is 0 Å². The first-order chi connectivity index (χ1) is 4.43. The van der Waals surface area contributed by atoms with Gasteiger partial charge in [0.25, 0.3) is 0 Å². The molecule has 0 saturated heterocycles. The Balaban J connectivity index is 2.30. The molecule has 50 valence electrons. The van der Waals surface area contributed by atoms with E-state index in [9.17, 15) is 0 Å². The summed E-state index contributed by atoms with van der Waals surface area (Å²) >= 11 is 5.79. The minimum Gasteiger partial charge on any atom is -0.303 e. The Bertz CT molecular complexity index is 148. The van der Waals surface area contributed by atoms with Gasteiger partial charge in [0.15, 0.2) is 0 Å². The molecule has 0 aliphatic rings. The van der Waals surface area contributed by atoms with Crippen LogP contribution < -0.4 is 5.32 Å². The zero-order chi connectivity index (χ0) is 6.53. The molecule has 1 N–H and O–H groups in total. The van der Waals surface area contributed by atoms with Crippen LogP contribution in [0.4, 0.5) is 0 Å². The van der Waals surface area contributed by atoms with Crippen molar-refractivity contribution >= 4 is 24.0 Å². The second-order valence-electron chi connectivity index (χ2n) is 1.66. The first kappa shape index (κ1) is 7.12. The average Bonchev–Trinajstić information content (AvgIpc) is 2.34. The lowest BCUT2D eigenvalue weighted by molar-refractivity contribution is 0.811. The van der Waals surface area contributed by atoms with Gasteiger partial charge in [-0.3, -0.25) is 0 Å². The number of hydrogen-bond acceptors (Lipinski definition) is 3. The van der Waals surface area contributed by atoms with Crippen LogP contribution in [0.25, 0.3) is 0 Å². The van der Waals surface area contributed by atoms with Gasteiger partial charge in [-0.05, 0) is 11.4 Å². The number of thiol groups is 1. The molecule has 0 aliphatic heterocycles. The Labute approximate surface area is 64.5 Å². The van der Waals surface area contributed by atoms with Gasteiger partial charge in [-0.1, -0.05) is 6.07 Å². The van der Waals surface area contributed by atoms with Gasteiger partial charge in [0.1, 0.15) is 0 Å². The highest BCUT2D eigenvalue weighted by atomic mass is 32.1. The maximum Gasteiger partial charge on any atom is 0.0390 e. The highest BCUT2D eigenvalue weighted by Gasteiger charge is 1.88. The summed E-state index contributed by atoms with van der Waals surface area (Å²) in [6.45, 7) is 0.946. The third kappa shape index (κ3) is 2.39. The van der Waals surface area contributed by atoms with Crippen LogP contribution in [0.1, 0.15) is 4.88 Å². The largest absolute Gasteiger partial charge is 0.303 e. The van der Waals surface area contributed by atoms with E-state index in [1.807, 2.05) is 0 Å². The lowest BCUT2D eigenvalue weighted by atomic mass is 10.5. The van der Waals surface area contributed by atoms with E-state index in [0.29, 0.717) is 0 Å². The smallest absolute Gasteiger partial charge is 0.0390 e. The molecule has 0 atom stereocenters. The Kier molecular flexibility index (Phi) is 3.11. The first-order valence-electron chi connectivity index (χ1n) is 2.77. The molecule has 0 radical (unpaired) electrons.